The number of hydrogen-bond donors (Lipinski definition) is 3. The summed E-state index contributed by atoms with van der Waals surface area (Å²) in [5.41, 5.74) is 7.41. The molecule has 0 amide bonds. The van der Waals surface area contributed by atoms with E-state index in [1.54, 1.807) is 18.5 Å². The van der Waals surface area contributed by atoms with Gasteiger partial charge in [0.2, 0.25) is 0 Å². The van der Waals surface area contributed by atoms with Crippen molar-refractivity contribution in [1.82, 2.24) is 34.0 Å². The number of aliphatic hydroxyl groups excluding tert-OH is 2. The molecule has 6 rings (SSSR count). The lowest BCUT2D eigenvalue weighted by atomic mass is 10.2. The van der Waals surface area contributed by atoms with Crippen LogP contribution in [0.5, 0.6) is 0 Å². The van der Waals surface area contributed by atoms with E-state index in [-0.39, 0.29) is 50.1 Å². The Balaban J connectivity index is 0.000000190. The van der Waals surface area contributed by atoms with Crippen molar-refractivity contribution in [2.75, 3.05) is 46.3 Å². The van der Waals surface area contributed by atoms with Crippen LogP contribution in [0.15, 0.2) is 55.4 Å². The number of halogens is 2. The Morgan fingerprint density at radius 3 is 1.90 bits per heavy atom. The fourth-order valence-corrected chi connectivity index (χ4v) is 7.20. The maximum absolute atomic E-state index is 9.59. The van der Waals surface area contributed by atoms with Gasteiger partial charge < -0.3 is 48.9 Å². The first-order chi connectivity index (χ1) is 23.2. The largest absolute Gasteiger partial charge is 0.394 e. The Morgan fingerprint density at radius 1 is 0.896 bits per heavy atom. The minimum absolute atomic E-state index is 0.0915. The fraction of sp³-hybridized carbons (Fsp3) is 0.452. The van der Waals surface area contributed by atoms with Gasteiger partial charge in [0.05, 0.1) is 55.7 Å². The first-order valence-corrected chi connectivity index (χ1v) is 17.3. The molecule has 2 aliphatic rings. The van der Waals surface area contributed by atoms with Crippen molar-refractivity contribution in [3.63, 3.8) is 0 Å². The van der Waals surface area contributed by atoms with Crippen LogP contribution in [0.2, 0.25) is 0 Å². The van der Waals surface area contributed by atoms with Crippen LogP contribution in [-0.2, 0) is 18.9 Å². The van der Waals surface area contributed by atoms with Crippen molar-refractivity contribution < 1.29 is 29.2 Å². The van der Waals surface area contributed by atoms with Crippen LogP contribution in [0.25, 0.3) is 22.1 Å². The number of aromatic nitrogens is 6. The van der Waals surface area contributed by atoms with Gasteiger partial charge in [0.25, 0.3) is 0 Å². The van der Waals surface area contributed by atoms with E-state index < -0.39 is 0 Å². The highest BCUT2D eigenvalue weighted by Gasteiger charge is 2.38. The molecule has 4 aromatic heterocycles. The molecule has 2 saturated heterocycles. The molecule has 2 aliphatic heterocycles. The van der Waals surface area contributed by atoms with Crippen molar-refractivity contribution in [1.29, 1.82) is 0 Å². The van der Waals surface area contributed by atoms with Crippen LogP contribution >= 0.6 is 45.2 Å². The van der Waals surface area contributed by atoms with Gasteiger partial charge in [0.1, 0.15) is 54.4 Å². The van der Waals surface area contributed by atoms with Gasteiger partial charge in [-0.05, 0) is 45.2 Å². The van der Waals surface area contributed by atoms with Crippen LogP contribution in [0.4, 0.5) is 11.6 Å². The second-order valence-corrected chi connectivity index (χ2v) is 13.6. The number of rotatable bonds is 12. The van der Waals surface area contributed by atoms with Gasteiger partial charge in [-0.25, -0.2) is 24.9 Å². The van der Waals surface area contributed by atoms with E-state index in [1.165, 1.54) is 12.7 Å². The molecule has 15 nitrogen and oxygen atoms in total. The molecule has 0 saturated carbocycles. The summed E-state index contributed by atoms with van der Waals surface area (Å²) in [6, 6.07) is 0. The number of nitrogens with two attached hydrogens (primary N) is 1. The number of aliphatic hydroxyl groups is 2. The minimum atomic E-state index is -0.372. The molecule has 258 valence electrons. The van der Waals surface area contributed by atoms with Gasteiger partial charge in [-0.1, -0.05) is 12.2 Å². The lowest BCUT2D eigenvalue weighted by molar-refractivity contribution is -0.0560. The Bertz CT molecular complexity index is 1750. The molecule has 4 N–H and O–H groups in total. The molecule has 0 spiro atoms. The second-order valence-electron chi connectivity index (χ2n) is 11.2. The molecule has 0 aliphatic carbocycles. The molecule has 0 radical (unpaired) electrons. The summed E-state index contributed by atoms with van der Waals surface area (Å²) in [4.78, 5) is 23.4. The molecule has 48 heavy (non-hydrogen) atoms. The molecule has 0 bridgehead atoms. The van der Waals surface area contributed by atoms with E-state index in [4.69, 9.17) is 24.7 Å². The van der Waals surface area contributed by atoms with Gasteiger partial charge in [0, 0.05) is 46.5 Å². The molecule has 0 aromatic carbocycles. The Hall–Kier alpha value is -2.79. The van der Waals surface area contributed by atoms with Crippen LogP contribution in [0.3, 0.4) is 0 Å². The van der Waals surface area contributed by atoms with Crippen molar-refractivity contribution in [3.8, 4) is 0 Å². The molecule has 17 heteroatoms. The normalized spacial score (nSPS) is 24.0. The summed E-state index contributed by atoms with van der Waals surface area (Å²) in [6.45, 7) is 7.97. The molecule has 6 heterocycles. The fourth-order valence-electron chi connectivity index (χ4n) is 5.60. The number of nitrogens with zero attached hydrogens (tertiary/aromatic N) is 8. The summed E-state index contributed by atoms with van der Waals surface area (Å²) in [5, 5.41) is 20.8. The minimum Gasteiger partial charge on any atom is -0.394 e. The molecule has 2 fully saturated rings. The first-order valence-electron chi connectivity index (χ1n) is 15.2. The summed E-state index contributed by atoms with van der Waals surface area (Å²) in [5.74, 6) is 1.06. The highest BCUT2D eigenvalue weighted by atomic mass is 127. The zero-order valence-electron chi connectivity index (χ0n) is 26.6. The lowest BCUT2D eigenvalue weighted by Gasteiger charge is -2.15. The molecule has 6 atom stereocenters. The number of hydrogen-bond acceptors (Lipinski definition) is 12. The highest BCUT2D eigenvalue weighted by molar-refractivity contribution is 14.1. The standard InChI is InChI=1S/C17H22IN5O3.C14H17IN4O3/c1-4-5-25-12-6-14(26-13(12)8-24)23-7-11(18)15-16(21-10-22(2)3)19-9-20-17(15)23;1-2-3-21-9-4-11(22-10(9)6-20)19-5-8(15)12-13(16)17-7-18-14(12)19/h4,7,9-10,12-14,24H,1,5-6,8H2,2-3H3;2,5,7,9-11,20H,1,3-4,6H2,(H2,16,17,18). The summed E-state index contributed by atoms with van der Waals surface area (Å²) >= 11 is 4.46. The molecule has 4 aromatic rings. The van der Waals surface area contributed by atoms with Gasteiger partial charge >= 0.3 is 0 Å². The summed E-state index contributed by atoms with van der Waals surface area (Å²) in [7, 11) is 3.81. The van der Waals surface area contributed by atoms with E-state index in [0.29, 0.717) is 37.7 Å². The number of anilines is 1. The third kappa shape index (κ3) is 7.98. The van der Waals surface area contributed by atoms with Crippen molar-refractivity contribution in [2.45, 2.75) is 49.7 Å². The van der Waals surface area contributed by atoms with Gasteiger partial charge in [-0.2, -0.15) is 0 Å². The van der Waals surface area contributed by atoms with E-state index in [0.717, 1.165) is 29.2 Å². The Labute approximate surface area is 305 Å². The van der Waals surface area contributed by atoms with E-state index in [9.17, 15) is 10.2 Å². The molecular formula is C31H39I2N9O6. The van der Waals surface area contributed by atoms with E-state index in [2.05, 4.69) is 83.3 Å². The maximum Gasteiger partial charge on any atom is 0.167 e. The lowest BCUT2D eigenvalue weighted by Crippen LogP contribution is -2.27. The van der Waals surface area contributed by atoms with Crippen LogP contribution < -0.4 is 5.73 Å². The summed E-state index contributed by atoms with van der Waals surface area (Å²) in [6.07, 6.45) is 11.6. The zero-order chi connectivity index (χ0) is 34.4. The average molecular weight is 888 g/mol. The van der Waals surface area contributed by atoms with Crippen molar-refractivity contribution in [3.05, 3.63) is 57.5 Å². The predicted molar refractivity (Wildman–Crippen MR) is 198 cm³/mol. The van der Waals surface area contributed by atoms with Gasteiger partial charge in [-0.3, -0.25) is 0 Å². The number of ether oxygens (including phenoxy) is 4. The molecule has 6 unspecified atom stereocenters. The van der Waals surface area contributed by atoms with Crippen LogP contribution in [-0.4, -0.2) is 115 Å². The van der Waals surface area contributed by atoms with Crippen molar-refractivity contribution in [2.24, 2.45) is 4.99 Å². The third-order valence-electron chi connectivity index (χ3n) is 7.74. The second kappa shape index (κ2) is 16.7. The van der Waals surface area contributed by atoms with Gasteiger partial charge in [-0.15, -0.1) is 13.2 Å². The third-order valence-corrected chi connectivity index (χ3v) is 9.38. The topological polar surface area (TPSA) is 180 Å². The predicted octanol–water partition coefficient (Wildman–Crippen LogP) is 3.58. The highest BCUT2D eigenvalue weighted by Crippen LogP contribution is 2.37. The maximum atomic E-state index is 9.59. The zero-order valence-corrected chi connectivity index (χ0v) is 30.9. The Kier molecular flexibility index (Phi) is 12.7. The average Bonchev–Trinajstić information content (AvgIpc) is 3.85. The number of nitrogen functional groups attached to an aromatic ring is 1. The first kappa shape index (κ1) is 36.5. The monoisotopic (exact) mass is 887 g/mol. The number of fused-ring (bicyclic) bond motifs is 2. The van der Waals surface area contributed by atoms with E-state index in [1.807, 2.05) is 40.5 Å². The Morgan fingerprint density at radius 2 is 1.40 bits per heavy atom. The smallest absolute Gasteiger partial charge is 0.167 e. The quantitative estimate of drug-likeness (QED) is 0.0817. The number of aliphatic imine (C=N–C) groups is 1. The van der Waals surface area contributed by atoms with Crippen LogP contribution in [0.1, 0.15) is 25.3 Å². The van der Waals surface area contributed by atoms with Crippen molar-refractivity contribution >= 4 is 85.2 Å². The van der Waals surface area contributed by atoms with Gasteiger partial charge in [0.15, 0.2) is 5.82 Å². The van der Waals surface area contributed by atoms with E-state index >= 15 is 0 Å². The van der Waals surface area contributed by atoms with Crippen LogP contribution in [0, 0.1) is 7.14 Å². The molecular weight excluding hydrogens is 848 g/mol. The SMILES string of the molecule is C=CCOC1CC(n2cc(I)c3c(N)ncnc32)OC1CO.C=CCOC1CC(n2cc(I)c3c(N=CN(C)C)ncnc32)OC1CO. The summed E-state index contributed by atoms with van der Waals surface area (Å²) < 4.78 is 29.2.